The van der Waals surface area contributed by atoms with Crippen LogP contribution < -0.4 is 0 Å². The Balaban J connectivity index is 2.71. The van der Waals surface area contributed by atoms with E-state index in [2.05, 4.69) is 13.8 Å². The molecule has 1 aliphatic heterocycles. The van der Waals surface area contributed by atoms with E-state index < -0.39 is 5.97 Å². The molecule has 1 aliphatic rings. The maximum Gasteiger partial charge on any atom is 0.320 e. The van der Waals surface area contributed by atoms with Gasteiger partial charge in [0.15, 0.2) is 0 Å². The van der Waals surface area contributed by atoms with Crippen LogP contribution in [0.5, 0.6) is 0 Å². The molecule has 0 spiro atoms. The Morgan fingerprint density at radius 2 is 2.16 bits per heavy atom. The van der Waals surface area contributed by atoms with Gasteiger partial charge in [0.2, 0.25) is 0 Å². The number of amides is 2. The lowest BCUT2D eigenvalue weighted by atomic mass is 10.2. The highest BCUT2D eigenvalue weighted by molar-refractivity contribution is 7.99. The highest BCUT2D eigenvalue weighted by atomic mass is 32.2. The van der Waals surface area contributed by atoms with E-state index in [0.29, 0.717) is 19.0 Å². The van der Waals surface area contributed by atoms with E-state index in [0.717, 1.165) is 18.1 Å². The molecule has 0 aromatic rings. The Morgan fingerprint density at radius 1 is 1.47 bits per heavy atom. The van der Waals surface area contributed by atoms with Crippen molar-refractivity contribution >= 4 is 23.8 Å². The number of hydrogen-bond acceptors (Lipinski definition) is 3. The number of nitrogens with zero attached hydrogens (tertiary/aromatic N) is 2. The van der Waals surface area contributed by atoms with Crippen LogP contribution in [0.4, 0.5) is 4.79 Å². The Labute approximate surface area is 119 Å². The molecule has 1 fully saturated rings. The van der Waals surface area contributed by atoms with Gasteiger partial charge >= 0.3 is 12.0 Å². The Hall–Kier alpha value is -0.910. The van der Waals surface area contributed by atoms with E-state index in [1.807, 2.05) is 11.8 Å². The van der Waals surface area contributed by atoms with E-state index in [-0.39, 0.29) is 18.5 Å². The van der Waals surface area contributed by atoms with Crippen molar-refractivity contribution in [3.05, 3.63) is 0 Å². The Kier molecular flexibility index (Phi) is 6.48. The largest absolute Gasteiger partial charge is 0.481 e. The SMILES string of the molecule is CCN(CC(C)C)C(=O)N1CCSCC1CC(=O)O. The zero-order valence-corrected chi connectivity index (χ0v) is 12.8. The average molecular weight is 288 g/mol. The van der Waals surface area contributed by atoms with Gasteiger partial charge in [0, 0.05) is 31.1 Å². The molecular weight excluding hydrogens is 264 g/mol. The summed E-state index contributed by atoms with van der Waals surface area (Å²) in [5, 5.41) is 8.95. The average Bonchev–Trinajstić information content (AvgIpc) is 2.35. The van der Waals surface area contributed by atoms with Gasteiger partial charge < -0.3 is 14.9 Å². The fraction of sp³-hybridized carbons (Fsp3) is 0.846. The van der Waals surface area contributed by atoms with E-state index in [1.54, 1.807) is 16.7 Å². The van der Waals surface area contributed by atoms with E-state index in [9.17, 15) is 9.59 Å². The van der Waals surface area contributed by atoms with Gasteiger partial charge in [-0.05, 0) is 12.8 Å². The smallest absolute Gasteiger partial charge is 0.320 e. The van der Waals surface area contributed by atoms with Crippen LogP contribution in [0.25, 0.3) is 0 Å². The van der Waals surface area contributed by atoms with E-state index >= 15 is 0 Å². The zero-order chi connectivity index (χ0) is 14.4. The summed E-state index contributed by atoms with van der Waals surface area (Å²) in [6.07, 6.45) is 0.0397. The molecule has 0 aromatic heterocycles. The third kappa shape index (κ3) is 4.93. The number of carboxylic acid groups (broad SMARTS) is 1. The van der Waals surface area contributed by atoms with Crippen molar-refractivity contribution < 1.29 is 14.7 Å². The molecule has 0 aliphatic carbocycles. The zero-order valence-electron chi connectivity index (χ0n) is 12.0. The molecule has 5 nitrogen and oxygen atoms in total. The van der Waals surface area contributed by atoms with Gasteiger partial charge in [0.05, 0.1) is 12.5 Å². The van der Waals surface area contributed by atoms with Crippen LogP contribution in [0.15, 0.2) is 0 Å². The van der Waals surface area contributed by atoms with E-state index in [1.165, 1.54) is 0 Å². The summed E-state index contributed by atoms with van der Waals surface area (Å²) in [4.78, 5) is 27.0. The normalized spacial score (nSPS) is 19.6. The highest BCUT2D eigenvalue weighted by Crippen LogP contribution is 2.21. The number of urea groups is 1. The van der Waals surface area contributed by atoms with Crippen molar-refractivity contribution in [1.82, 2.24) is 9.80 Å². The highest BCUT2D eigenvalue weighted by Gasteiger charge is 2.31. The first-order valence-corrected chi connectivity index (χ1v) is 7.96. The second-order valence-corrected chi connectivity index (χ2v) is 6.38. The monoisotopic (exact) mass is 288 g/mol. The maximum absolute atomic E-state index is 12.5. The number of carboxylic acids is 1. The second-order valence-electron chi connectivity index (χ2n) is 5.24. The number of aliphatic carboxylic acids is 1. The third-order valence-corrected chi connectivity index (χ3v) is 4.21. The Morgan fingerprint density at radius 3 is 2.68 bits per heavy atom. The summed E-state index contributed by atoms with van der Waals surface area (Å²) in [5.74, 6) is 1.19. The quantitative estimate of drug-likeness (QED) is 0.840. The maximum atomic E-state index is 12.5. The summed E-state index contributed by atoms with van der Waals surface area (Å²) in [6.45, 7) is 8.16. The van der Waals surface area contributed by atoms with Crippen LogP contribution in [0.3, 0.4) is 0 Å². The predicted molar refractivity (Wildman–Crippen MR) is 77.6 cm³/mol. The molecule has 110 valence electrons. The summed E-state index contributed by atoms with van der Waals surface area (Å²) in [6, 6.07) is -0.187. The number of carbonyl (C=O) groups excluding carboxylic acids is 1. The molecule has 6 heteroatoms. The lowest BCUT2D eigenvalue weighted by molar-refractivity contribution is -0.138. The summed E-state index contributed by atoms with van der Waals surface area (Å²) in [7, 11) is 0. The van der Waals surface area contributed by atoms with Crippen LogP contribution in [-0.2, 0) is 4.79 Å². The number of thioether (sulfide) groups is 1. The minimum atomic E-state index is -0.836. The van der Waals surface area contributed by atoms with Gasteiger partial charge in [0.25, 0.3) is 0 Å². The van der Waals surface area contributed by atoms with Gasteiger partial charge in [-0.15, -0.1) is 0 Å². The topological polar surface area (TPSA) is 60.9 Å². The van der Waals surface area contributed by atoms with Crippen molar-refractivity contribution in [1.29, 1.82) is 0 Å². The Bertz CT molecular complexity index is 323. The first-order valence-electron chi connectivity index (χ1n) is 6.80. The molecule has 19 heavy (non-hydrogen) atoms. The van der Waals surface area contributed by atoms with Gasteiger partial charge in [-0.3, -0.25) is 4.79 Å². The van der Waals surface area contributed by atoms with Gasteiger partial charge in [0.1, 0.15) is 0 Å². The minimum Gasteiger partial charge on any atom is -0.481 e. The molecule has 0 aromatic carbocycles. The molecule has 2 amide bonds. The molecule has 1 heterocycles. The molecule has 0 saturated carbocycles. The fourth-order valence-corrected chi connectivity index (χ4v) is 3.30. The number of hydrogen-bond donors (Lipinski definition) is 1. The van der Waals surface area contributed by atoms with Crippen molar-refractivity contribution in [2.45, 2.75) is 33.2 Å². The molecule has 0 radical (unpaired) electrons. The first-order chi connectivity index (χ1) is 8.95. The first kappa shape index (κ1) is 16.1. The molecule has 0 bridgehead atoms. The summed E-state index contributed by atoms with van der Waals surface area (Å²) >= 11 is 1.72. The van der Waals surface area contributed by atoms with Crippen molar-refractivity contribution in [2.24, 2.45) is 5.92 Å². The number of rotatable bonds is 5. The second kappa shape index (κ2) is 7.62. The van der Waals surface area contributed by atoms with Crippen LogP contribution in [0.2, 0.25) is 0 Å². The minimum absolute atomic E-state index is 0.0113. The van der Waals surface area contributed by atoms with Crippen molar-refractivity contribution in [3.8, 4) is 0 Å². The van der Waals surface area contributed by atoms with E-state index in [4.69, 9.17) is 5.11 Å². The standard InChI is InChI=1S/C13H24N2O3S/c1-4-14(8-10(2)3)13(18)15-5-6-19-9-11(15)7-12(16)17/h10-11H,4-9H2,1-3H3,(H,16,17). The summed E-state index contributed by atoms with van der Waals surface area (Å²) in [5.41, 5.74) is 0. The molecule has 1 unspecified atom stereocenters. The van der Waals surface area contributed by atoms with Crippen LogP contribution >= 0.6 is 11.8 Å². The van der Waals surface area contributed by atoms with Crippen LogP contribution in [0, 0.1) is 5.92 Å². The van der Waals surface area contributed by atoms with Gasteiger partial charge in [-0.2, -0.15) is 11.8 Å². The summed E-state index contributed by atoms with van der Waals surface area (Å²) < 4.78 is 0. The molecular formula is C13H24N2O3S. The molecule has 1 N–H and O–H groups in total. The lowest BCUT2D eigenvalue weighted by Crippen LogP contribution is -2.53. The van der Waals surface area contributed by atoms with Gasteiger partial charge in [-0.1, -0.05) is 13.8 Å². The van der Waals surface area contributed by atoms with Gasteiger partial charge in [-0.25, -0.2) is 4.79 Å². The lowest BCUT2D eigenvalue weighted by Gasteiger charge is -2.38. The predicted octanol–water partition coefficient (Wildman–Crippen LogP) is 1.98. The fourth-order valence-electron chi connectivity index (χ4n) is 2.24. The van der Waals surface area contributed by atoms with Crippen LogP contribution in [0.1, 0.15) is 27.2 Å². The third-order valence-electron chi connectivity index (χ3n) is 3.12. The van der Waals surface area contributed by atoms with Crippen molar-refractivity contribution in [3.63, 3.8) is 0 Å². The molecule has 1 atom stereocenters. The van der Waals surface area contributed by atoms with Crippen LogP contribution in [-0.4, -0.2) is 64.1 Å². The molecule has 1 saturated heterocycles. The van der Waals surface area contributed by atoms with Crippen molar-refractivity contribution in [2.75, 3.05) is 31.1 Å². The number of carbonyl (C=O) groups is 2. The molecule has 1 rings (SSSR count).